The van der Waals surface area contributed by atoms with E-state index in [2.05, 4.69) is 56.0 Å². The lowest BCUT2D eigenvalue weighted by molar-refractivity contribution is 0.174. The Kier molecular flexibility index (Phi) is 7.78. The van der Waals surface area contributed by atoms with Gasteiger partial charge in [-0.3, -0.25) is 4.90 Å². The van der Waals surface area contributed by atoms with Crippen LogP contribution in [0.3, 0.4) is 0 Å². The van der Waals surface area contributed by atoms with Crippen molar-refractivity contribution in [3.8, 4) is 0 Å². The molecule has 1 rings (SSSR count). The van der Waals surface area contributed by atoms with Crippen molar-refractivity contribution >= 4 is 17.2 Å². The molecular weight excluding hydrogens is 264 g/mol. The van der Waals surface area contributed by atoms with E-state index in [1.165, 1.54) is 18.4 Å². The first-order valence-electron chi connectivity index (χ1n) is 7.69. The van der Waals surface area contributed by atoms with E-state index >= 15 is 0 Å². The molecule has 1 aromatic rings. The minimum absolute atomic E-state index is 0.305. The van der Waals surface area contributed by atoms with Crippen LogP contribution in [0, 0.1) is 5.92 Å². The number of benzene rings is 1. The second kappa shape index (κ2) is 9.09. The molecule has 0 fully saturated rings. The number of nitrogens with two attached hydrogens (primary N) is 1. The van der Waals surface area contributed by atoms with Gasteiger partial charge in [0.05, 0.1) is 4.99 Å². The largest absolute Gasteiger partial charge is 0.393 e. The highest BCUT2D eigenvalue weighted by Gasteiger charge is 2.21. The van der Waals surface area contributed by atoms with E-state index in [4.69, 9.17) is 18.0 Å². The van der Waals surface area contributed by atoms with Crippen molar-refractivity contribution in [3.63, 3.8) is 0 Å². The van der Waals surface area contributed by atoms with Crippen LogP contribution in [-0.2, 0) is 0 Å². The second-order valence-electron chi connectivity index (χ2n) is 5.37. The van der Waals surface area contributed by atoms with Gasteiger partial charge in [-0.05, 0) is 18.0 Å². The molecule has 0 aliphatic heterocycles. The zero-order valence-corrected chi connectivity index (χ0v) is 13.8. The molecule has 0 bridgehead atoms. The van der Waals surface area contributed by atoms with Gasteiger partial charge in [0.15, 0.2) is 0 Å². The van der Waals surface area contributed by atoms with E-state index in [1.54, 1.807) is 0 Å². The van der Waals surface area contributed by atoms with Gasteiger partial charge in [-0.25, -0.2) is 0 Å². The Morgan fingerprint density at radius 3 is 2.20 bits per heavy atom. The zero-order chi connectivity index (χ0) is 15.0. The first kappa shape index (κ1) is 17.1. The van der Waals surface area contributed by atoms with Crippen molar-refractivity contribution in [1.82, 2.24) is 4.90 Å². The maximum Gasteiger partial charge on any atom is 0.0746 e. The number of hydrogen-bond acceptors (Lipinski definition) is 2. The SMILES string of the molecule is CCC(CC)CN(CC)C(CC(N)=S)c1ccccc1. The monoisotopic (exact) mass is 292 g/mol. The van der Waals surface area contributed by atoms with Crippen LogP contribution in [-0.4, -0.2) is 23.0 Å². The van der Waals surface area contributed by atoms with E-state index in [0.717, 1.165) is 25.4 Å². The van der Waals surface area contributed by atoms with E-state index in [9.17, 15) is 0 Å². The first-order valence-corrected chi connectivity index (χ1v) is 8.10. The van der Waals surface area contributed by atoms with Gasteiger partial charge in [-0.2, -0.15) is 0 Å². The summed E-state index contributed by atoms with van der Waals surface area (Å²) >= 11 is 5.16. The Morgan fingerprint density at radius 1 is 1.15 bits per heavy atom. The molecule has 112 valence electrons. The Morgan fingerprint density at radius 2 is 1.75 bits per heavy atom. The molecule has 2 nitrogen and oxygen atoms in total. The summed E-state index contributed by atoms with van der Waals surface area (Å²) in [5.41, 5.74) is 7.14. The molecule has 0 saturated heterocycles. The highest BCUT2D eigenvalue weighted by molar-refractivity contribution is 7.80. The van der Waals surface area contributed by atoms with Gasteiger partial charge in [0.1, 0.15) is 0 Å². The average Bonchev–Trinajstić information content (AvgIpc) is 2.47. The van der Waals surface area contributed by atoms with Gasteiger partial charge in [0.2, 0.25) is 0 Å². The molecule has 1 aromatic carbocycles. The van der Waals surface area contributed by atoms with Crippen LogP contribution in [0.1, 0.15) is 51.6 Å². The summed E-state index contributed by atoms with van der Waals surface area (Å²) in [6, 6.07) is 10.9. The normalized spacial score (nSPS) is 12.8. The van der Waals surface area contributed by atoms with E-state index in [-0.39, 0.29) is 0 Å². The van der Waals surface area contributed by atoms with Crippen molar-refractivity contribution in [3.05, 3.63) is 35.9 Å². The van der Waals surface area contributed by atoms with Crippen LogP contribution < -0.4 is 5.73 Å². The maximum absolute atomic E-state index is 5.82. The fraction of sp³-hybridized carbons (Fsp3) is 0.588. The lowest BCUT2D eigenvalue weighted by atomic mass is 9.97. The van der Waals surface area contributed by atoms with E-state index < -0.39 is 0 Å². The molecule has 0 aromatic heterocycles. The third-order valence-electron chi connectivity index (χ3n) is 4.07. The summed E-state index contributed by atoms with van der Waals surface area (Å²) in [7, 11) is 0. The smallest absolute Gasteiger partial charge is 0.0746 e. The highest BCUT2D eigenvalue weighted by Crippen LogP contribution is 2.26. The fourth-order valence-electron chi connectivity index (χ4n) is 2.68. The van der Waals surface area contributed by atoms with Crippen molar-refractivity contribution in [2.75, 3.05) is 13.1 Å². The third-order valence-corrected chi connectivity index (χ3v) is 4.24. The first-order chi connectivity index (χ1) is 9.62. The summed E-state index contributed by atoms with van der Waals surface area (Å²) in [4.78, 5) is 3.12. The summed E-state index contributed by atoms with van der Waals surface area (Å²) in [6.07, 6.45) is 3.20. The number of nitrogens with zero attached hydrogens (tertiary/aromatic N) is 1. The van der Waals surface area contributed by atoms with Gasteiger partial charge in [-0.1, -0.05) is 76.2 Å². The van der Waals surface area contributed by atoms with Gasteiger partial charge >= 0.3 is 0 Å². The quantitative estimate of drug-likeness (QED) is 0.693. The lowest BCUT2D eigenvalue weighted by Crippen LogP contribution is -2.35. The Labute approximate surface area is 129 Å². The van der Waals surface area contributed by atoms with Crippen LogP contribution in [0.5, 0.6) is 0 Å². The Balaban J connectivity index is 2.92. The topological polar surface area (TPSA) is 29.3 Å². The summed E-state index contributed by atoms with van der Waals surface area (Å²) in [5, 5.41) is 0. The van der Waals surface area contributed by atoms with Gasteiger partial charge in [0, 0.05) is 19.0 Å². The van der Waals surface area contributed by atoms with Gasteiger partial charge < -0.3 is 5.73 Å². The summed E-state index contributed by atoms with van der Waals surface area (Å²) in [6.45, 7) is 8.91. The Hall–Kier alpha value is -0.930. The molecule has 0 radical (unpaired) electrons. The zero-order valence-electron chi connectivity index (χ0n) is 13.0. The van der Waals surface area contributed by atoms with Crippen molar-refractivity contribution < 1.29 is 0 Å². The number of thiocarbonyl (C=S) groups is 1. The number of hydrogen-bond donors (Lipinski definition) is 1. The predicted octanol–water partition coefficient (Wildman–Crippen LogP) is 4.16. The molecule has 0 heterocycles. The van der Waals surface area contributed by atoms with E-state index in [0.29, 0.717) is 11.0 Å². The average molecular weight is 292 g/mol. The molecule has 0 aliphatic rings. The maximum atomic E-state index is 5.82. The minimum Gasteiger partial charge on any atom is -0.393 e. The third kappa shape index (κ3) is 5.22. The standard InChI is InChI=1S/C17H28N2S/c1-4-14(5-2)13-19(6-3)16(12-17(18)20)15-10-8-7-9-11-15/h7-11,14,16H,4-6,12-13H2,1-3H3,(H2,18,20). The highest BCUT2D eigenvalue weighted by atomic mass is 32.1. The summed E-state index contributed by atoms with van der Waals surface area (Å²) in [5.74, 6) is 0.743. The molecule has 20 heavy (non-hydrogen) atoms. The molecule has 2 N–H and O–H groups in total. The minimum atomic E-state index is 0.305. The molecule has 0 aliphatic carbocycles. The van der Waals surface area contributed by atoms with Crippen LogP contribution in [0.2, 0.25) is 0 Å². The predicted molar refractivity (Wildman–Crippen MR) is 91.9 cm³/mol. The number of rotatable bonds is 9. The van der Waals surface area contributed by atoms with Crippen molar-refractivity contribution in [2.45, 2.75) is 46.1 Å². The Bertz CT molecular complexity index is 387. The molecule has 0 saturated carbocycles. The van der Waals surface area contributed by atoms with Gasteiger partial charge in [-0.15, -0.1) is 0 Å². The van der Waals surface area contributed by atoms with E-state index in [1.807, 2.05) is 0 Å². The van der Waals surface area contributed by atoms with Crippen LogP contribution in [0.25, 0.3) is 0 Å². The van der Waals surface area contributed by atoms with Crippen molar-refractivity contribution in [1.29, 1.82) is 0 Å². The van der Waals surface area contributed by atoms with Crippen LogP contribution in [0.15, 0.2) is 30.3 Å². The summed E-state index contributed by atoms with van der Waals surface area (Å²) < 4.78 is 0. The molecule has 1 atom stereocenters. The van der Waals surface area contributed by atoms with Crippen molar-refractivity contribution in [2.24, 2.45) is 11.7 Å². The molecule has 1 unspecified atom stereocenters. The van der Waals surface area contributed by atoms with Gasteiger partial charge in [0.25, 0.3) is 0 Å². The van der Waals surface area contributed by atoms with Crippen LogP contribution >= 0.6 is 12.2 Å². The van der Waals surface area contributed by atoms with Crippen LogP contribution in [0.4, 0.5) is 0 Å². The molecular formula is C17H28N2S. The molecule has 0 amide bonds. The lowest BCUT2D eigenvalue weighted by Gasteiger charge is -2.33. The fourth-order valence-corrected chi connectivity index (χ4v) is 2.84. The molecule has 3 heteroatoms. The molecule has 0 spiro atoms. The second-order valence-corrected chi connectivity index (χ2v) is 5.89.